The topological polar surface area (TPSA) is 61.9 Å². The molecule has 17 heavy (non-hydrogen) atoms. The molecule has 0 spiro atoms. The lowest BCUT2D eigenvalue weighted by atomic mass is 9.97. The third-order valence-corrected chi connectivity index (χ3v) is 2.15. The summed E-state index contributed by atoms with van der Waals surface area (Å²) in [7, 11) is 1.93. The highest BCUT2D eigenvalue weighted by atomic mass is 15.1. The quantitative estimate of drug-likeness (QED) is 0.656. The Balaban J connectivity index is 2.48. The highest BCUT2D eigenvalue weighted by molar-refractivity contribution is 5.46. The van der Waals surface area contributed by atoms with Crippen LogP contribution in [0.2, 0.25) is 0 Å². The van der Waals surface area contributed by atoms with Crippen molar-refractivity contribution < 1.29 is 0 Å². The molecule has 0 aliphatic carbocycles. The van der Waals surface area contributed by atoms with Gasteiger partial charge >= 0.3 is 0 Å². The van der Waals surface area contributed by atoms with E-state index >= 15 is 0 Å². The highest BCUT2D eigenvalue weighted by Gasteiger charge is 2.09. The van der Waals surface area contributed by atoms with Gasteiger partial charge in [-0.3, -0.25) is 0 Å². The molecule has 1 heterocycles. The Morgan fingerprint density at radius 2 is 1.71 bits per heavy atom. The van der Waals surface area contributed by atoms with E-state index in [9.17, 15) is 0 Å². The van der Waals surface area contributed by atoms with Crippen LogP contribution in [0.4, 0.5) is 11.6 Å². The van der Waals surface area contributed by atoms with Crippen LogP contribution in [0.3, 0.4) is 0 Å². The Labute approximate surface area is 103 Å². The fourth-order valence-corrected chi connectivity index (χ4v) is 1.22. The second kappa shape index (κ2) is 6.39. The molecule has 0 amide bonds. The monoisotopic (exact) mass is 237 g/mol. The van der Waals surface area contributed by atoms with E-state index in [1.54, 1.807) is 6.33 Å². The van der Waals surface area contributed by atoms with E-state index in [4.69, 9.17) is 0 Å². The van der Waals surface area contributed by atoms with E-state index in [0.717, 1.165) is 31.3 Å². The number of rotatable bonds is 6. The van der Waals surface area contributed by atoms with Crippen molar-refractivity contribution in [1.82, 2.24) is 15.3 Å². The maximum atomic E-state index is 4.19. The van der Waals surface area contributed by atoms with E-state index in [1.807, 2.05) is 13.1 Å². The van der Waals surface area contributed by atoms with Gasteiger partial charge in [0.2, 0.25) is 0 Å². The lowest BCUT2D eigenvalue weighted by Crippen LogP contribution is -2.20. The molecule has 0 saturated heterocycles. The maximum absolute atomic E-state index is 4.19. The Morgan fingerprint density at radius 1 is 1.06 bits per heavy atom. The summed E-state index contributed by atoms with van der Waals surface area (Å²) in [6.45, 7) is 9.22. The number of nitrogens with zero attached hydrogens (tertiary/aromatic N) is 2. The van der Waals surface area contributed by atoms with Crippen LogP contribution in [0.5, 0.6) is 0 Å². The molecular formula is C12H23N5. The molecule has 1 rings (SSSR count). The Hall–Kier alpha value is -1.36. The summed E-state index contributed by atoms with van der Waals surface area (Å²) in [5, 5.41) is 9.61. The predicted octanol–water partition coefficient (Wildman–Crippen LogP) is 1.57. The van der Waals surface area contributed by atoms with E-state index < -0.39 is 0 Å². The summed E-state index contributed by atoms with van der Waals surface area (Å²) in [6.07, 6.45) is 1.58. The molecule has 0 bridgehead atoms. The van der Waals surface area contributed by atoms with Crippen molar-refractivity contribution in [2.75, 3.05) is 37.3 Å². The van der Waals surface area contributed by atoms with Crippen LogP contribution in [0.1, 0.15) is 20.8 Å². The minimum atomic E-state index is 0.241. The average molecular weight is 237 g/mol. The lowest BCUT2D eigenvalue weighted by molar-refractivity contribution is 0.442. The number of nitrogens with one attached hydrogen (secondary N) is 3. The minimum Gasteiger partial charge on any atom is -0.369 e. The predicted molar refractivity (Wildman–Crippen MR) is 72.4 cm³/mol. The van der Waals surface area contributed by atoms with Crippen molar-refractivity contribution in [2.24, 2.45) is 5.41 Å². The second-order valence-electron chi connectivity index (χ2n) is 5.23. The van der Waals surface area contributed by atoms with E-state index in [2.05, 4.69) is 46.7 Å². The summed E-state index contributed by atoms with van der Waals surface area (Å²) < 4.78 is 0. The second-order valence-corrected chi connectivity index (χ2v) is 5.23. The number of hydrogen-bond acceptors (Lipinski definition) is 5. The first kappa shape index (κ1) is 13.7. The summed E-state index contributed by atoms with van der Waals surface area (Å²) in [6, 6.07) is 1.93. The first-order valence-electron chi connectivity index (χ1n) is 5.96. The largest absolute Gasteiger partial charge is 0.369 e. The van der Waals surface area contributed by atoms with Crippen molar-refractivity contribution >= 4 is 11.6 Å². The van der Waals surface area contributed by atoms with Gasteiger partial charge in [-0.1, -0.05) is 20.8 Å². The molecule has 5 heteroatoms. The normalized spacial score (nSPS) is 11.3. The van der Waals surface area contributed by atoms with Crippen molar-refractivity contribution in [2.45, 2.75) is 20.8 Å². The van der Waals surface area contributed by atoms with E-state index in [-0.39, 0.29) is 5.41 Å². The third-order valence-electron chi connectivity index (χ3n) is 2.15. The molecular weight excluding hydrogens is 214 g/mol. The average Bonchev–Trinajstić information content (AvgIpc) is 2.27. The Bertz CT molecular complexity index is 332. The van der Waals surface area contributed by atoms with Crippen molar-refractivity contribution in [1.29, 1.82) is 0 Å². The van der Waals surface area contributed by atoms with Gasteiger partial charge in [-0.25, -0.2) is 9.97 Å². The fourth-order valence-electron chi connectivity index (χ4n) is 1.22. The molecule has 1 aromatic heterocycles. The van der Waals surface area contributed by atoms with Crippen LogP contribution in [-0.4, -0.2) is 36.6 Å². The number of likely N-dealkylation sites (N-methyl/N-ethyl adjacent to an activating group) is 1. The zero-order valence-electron chi connectivity index (χ0n) is 11.2. The van der Waals surface area contributed by atoms with Crippen molar-refractivity contribution in [3.63, 3.8) is 0 Å². The van der Waals surface area contributed by atoms with Crippen LogP contribution in [0.25, 0.3) is 0 Å². The van der Waals surface area contributed by atoms with Crippen LogP contribution in [0, 0.1) is 5.41 Å². The summed E-state index contributed by atoms with van der Waals surface area (Å²) in [5.41, 5.74) is 0.241. The van der Waals surface area contributed by atoms with Crippen molar-refractivity contribution in [3.8, 4) is 0 Å². The molecule has 0 unspecified atom stereocenters. The molecule has 0 aliphatic heterocycles. The first-order chi connectivity index (χ1) is 8.01. The van der Waals surface area contributed by atoms with Gasteiger partial charge < -0.3 is 16.0 Å². The van der Waals surface area contributed by atoms with E-state index in [1.165, 1.54) is 0 Å². The van der Waals surface area contributed by atoms with Crippen LogP contribution >= 0.6 is 0 Å². The lowest BCUT2D eigenvalue weighted by Gasteiger charge is -2.19. The molecule has 3 N–H and O–H groups in total. The molecule has 0 atom stereocenters. The van der Waals surface area contributed by atoms with Gasteiger partial charge in [0.1, 0.15) is 18.0 Å². The van der Waals surface area contributed by atoms with Gasteiger partial charge in [-0.15, -0.1) is 0 Å². The third kappa shape index (κ3) is 6.06. The molecule has 0 aromatic carbocycles. The number of aromatic nitrogens is 2. The smallest absolute Gasteiger partial charge is 0.131 e. The molecule has 5 nitrogen and oxygen atoms in total. The zero-order chi connectivity index (χ0) is 12.7. The summed E-state index contributed by atoms with van der Waals surface area (Å²) in [5.74, 6) is 1.72. The number of anilines is 2. The van der Waals surface area contributed by atoms with Gasteiger partial charge in [0.15, 0.2) is 0 Å². The minimum absolute atomic E-state index is 0.241. The van der Waals surface area contributed by atoms with Gasteiger partial charge in [-0.2, -0.15) is 0 Å². The molecule has 0 radical (unpaired) electrons. The van der Waals surface area contributed by atoms with Crippen LogP contribution in [-0.2, 0) is 0 Å². The van der Waals surface area contributed by atoms with E-state index in [0.29, 0.717) is 0 Å². The highest BCUT2D eigenvalue weighted by Crippen LogP contribution is 2.15. The molecule has 0 aliphatic rings. The van der Waals surface area contributed by atoms with Gasteiger partial charge in [-0.05, 0) is 12.5 Å². The van der Waals surface area contributed by atoms with Gasteiger partial charge in [0, 0.05) is 25.7 Å². The Morgan fingerprint density at radius 3 is 2.29 bits per heavy atom. The number of hydrogen-bond donors (Lipinski definition) is 3. The molecule has 0 fully saturated rings. The SMILES string of the molecule is CNCCNc1cc(NCC(C)(C)C)ncn1. The van der Waals surface area contributed by atoms with Gasteiger partial charge in [0.25, 0.3) is 0 Å². The first-order valence-corrected chi connectivity index (χ1v) is 5.96. The fraction of sp³-hybridized carbons (Fsp3) is 0.667. The maximum Gasteiger partial charge on any atom is 0.131 e. The van der Waals surface area contributed by atoms with Crippen molar-refractivity contribution in [3.05, 3.63) is 12.4 Å². The van der Waals surface area contributed by atoms with Crippen LogP contribution < -0.4 is 16.0 Å². The summed E-state index contributed by atoms with van der Waals surface area (Å²) in [4.78, 5) is 8.36. The summed E-state index contributed by atoms with van der Waals surface area (Å²) >= 11 is 0. The Kier molecular flexibility index (Phi) is 5.15. The molecule has 96 valence electrons. The molecule has 0 saturated carbocycles. The van der Waals surface area contributed by atoms with Crippen LogP contribution in [0.15, 0.2) is 12.4 Å². The standard InChI is InChI=1S/C12H23N5/c1-12(2,3)8-15-11-7-10(16-9-17-11)14-6-5-13-4/h7,9,13H,5-6,8H2,1-4H3,(H2,14,15,16,17). The van der Waals surface area contributed by atoms with Gasteiger partial charge in [0.05, 0.1) is 0 Å². The molecule has 1 aromatic rings. The zero-order valence-corrected chi connectivity index (χ0v) is 11.2.